The second kappa shape index (κ2) is 6.45. The van der Waals surface area contributed by atoms with Crippen LogP contribution in [0.4, 0.5) is 18.9 Å². The van der Waals surface area contributed by atoms with Crippen LogP contribution in [-0.4, -0.2) is 5.91 Å². The highest BCUT2D eigenvalue weighted by molar-refractivity contribution is 6.30. The number of rotatable bonds is 3. The van der Waals surface area contributed by atoms with Crippen LogP contribution in [0.25, 0.3) is 6.08 Å². The first-order valence-electron chi connectivity index (χ1n) is 5.85. The van der Waals surface area contributed by atoms with Crippen molar-refractivity contribution < 1.29 is 18.0 Å². The molecule has 6 heteroatoms. The van der Waals surface area contributed by atoms with Gasteiger partial charge in [0.05, 0.1) is 5.69 Å². The van der Waals surface area contributed by atoms with E-state index >= 15 is 0 Å². The fourth-order valence-electron chi connectivity index (χ4n) is 1.58. The van der Waals surface area contributed by atoms with Gasteiger partial charge >= 0.3 is 0 Å². The van der Waals surface area contributed by atoms with Gasteiger partial charge in [-0.25, -0.2) is 13.2 Å². The molecule has 1 amide bonds. The Morgan fingerprint density at radius 1 is 1.10 bits per heavy atom. The molecule has 0 atom stereocenters. The summed E-state index contributed by atoms with van der Waals surface area (Å²) < 4.78 is 39.1. The predicted octanol–water partition coefficient (Wildman–Crippen LogP) is 4.41. The van der Waals surface area contributed by atoms with Crippen LogP contribution in [0.5, 0.6) is 0 Å². The van der Waals surface area contributed by atoms with E-state index in [0.29, 0.717) is 10.6 Å². The molecule has 0 heterocycles. The first kappa shape index (κ1) is 15.1. The van der Waals surface area contributed by atoms with Crippen molar-refractivity contribution >= 4 is 29.3 Å². The second-order valence-corrected chi connectivity index (χ2v) is 4.54. The normalized spacial score (nSPS) is 10.9. The molecule has 2 rings (SSSR count). The van der Waals surface area contributed by atoms with E-state index in [4.69, 9.17) is 11.6 Å². The van der Waals surface area contributed by atoms with Gasteiger partial charge in [0.25, 0.3) is 0 Å². The molecule has 1 N–H and O–H groups in total. The van der Waals surface area contributed by atoms with E-state index < -0.39 is 29.0 Å². The molecule has 0 saturated carbocycles. The van der Waals surface area contributed by atoms with Crippen LogP contribution in [0, 0.1) is 17.5 Å². The van der Waals surface area contributed by atoms with Gasteiger partial charge in [-0.1, -0.05) is 23.7 Å². The maximum atomic E-state index is 13.4. The van der Waals surface area contributed by atoms with Gasteiger partial charge < -0.3 is 5.32 Å². The van der Waals surface area contributed by atoms with Gasteiger partial charge in [-0.05, 0) is 35.9 Å². The van der Waals surface area contributed by atoms with Gasteiger partial charge in [0.1, 0.15) is 0 Å². The number of carbonyl (C=O) groups is 1. The number of amides is 1. The molecule has 108 valence electrons. The maximum Gasteiger partial charge on any atom is 0.248 e. The van der Waals surface area contributed by atoms with Crippen molar-refractivity contribution in [1.29, 1.82) is 0 Å². The zero-order valence-corrected chi connectivity index (χ0v) is 11.3. The summed E-state index contributed by atoms with van der Waals surface area (Å²) >= 11 is 5.78. The molecule has 0 aliphatic carbocycles. The highest BCUT2D eigenvalue weighted by Crippen LogP contribution is 2.19. The van der Waals surface area contributed by atoms with Crippen LogP contribution in [-0.2, 0) is 4.79 Å². The lowest BCUT2D eigenvalue weighted by Gasteiger charge is -2.04. The van der Waals surface area contributed by atoms with E-state index in [1.165, 1.54) is 6.08 Å². The molecule has 2 nitrogen and oxygen atoms in total. The van der Waals surface area contributed by atoms with Gasteiger partial charge in [0, 0.05) is 11.1 Å². The van der Waals surface area contributed by atoms with Crippen LogP contribution in [0.15, 0.2) is 42.5 Å². The van der Waals surface area contributed by atoms with Crippen molar-refractivity contribution in [3.8, 4) is 0 Å². The topological polar surface area (TPSA) is 29.1 Å². The lowest BCUT2D eigenvalue weighted by atomic mass is 10.2. The van der Waals surface area contributed by atoms with Crippen molar-refractivity contribution in [1.82, 2.24) is 0 Å². The quantitative estimate of drug-likeness (QED) is 0.660. The number of nitrogens with one attached hydrogen (secondary N) is 1. The van der Waals surface area contributed by atoms with Crippen molar-refractivity contribution in [3.05, 3.63) is 70.5 Å². The van der Waals surface area contributed by atoms with Gasteiger partial charge in [0.2, 0.25) is 5.91 Å². The lowest BCUT2D eigenvalue weighted by Crippen LogP contribution is -2.10. The molecular weight excluding hydrogens is 303 g/mol. The molecular formula is C15H9ClF3NO. The highest BCUT2D eigenvalue weighted by atomic mass is 35.5. The van der Waals surface area contributed by atoms with Crippen molar-refractivity contribution in [2.45, 2.75) is 0 Å². The van der Waals surface area contributed by atoms with Crippen LogP contribution in [0.3, 0.4) is 0 Å². The third-order valence-corrected chi connectivity index (χ3v) is 2.80. The van der Waals surface area contributed by atoms with E-state index in [0.717, 1.165) is 18.2 Å². The summed E-state index contributed by atoms with van der Waals surface area (Å²) in [5.74, 6) is -5.08. The number of hydrogen-bond acceptors (Lipinski definition) is 1. The Hall–Kier alpha value is -2.27. The summed E-state index contributed by atoms with van der Waals surface area (Å²) in [5.41, 5.74) is 0.234. The SMILES string of the molecule is O=C(C=Cc1cccc(Cl)c1)Nc1ccc(F)c(F)c1F. The minimum Gasteiger partial charge on any atom is -0.320 e. The van der Waals surface area contributed by atoms with Crippen molar-refractivity contribution in [2.24, 2.45) is 0 Å². The van der Waals surface area contributed by atoms with Crippen LogP contribution >= 0.6 is 11.6 Å². The zero-order chi connectivity index (χ0) is 15.4. The molecule has 2 aromatic rings. The summed E-state index contributed by atoms with van der Waals surface area (Å²) in [7, 11) is 0. The molecule has 0 aliphatic rings. The third kappa shape index (κ3) is 3.86. The molecule has 0 aliphatic heterocycles. The summed E-state index contributed by atoms with van der Waals surface area (Å²) in [4.78, 5) is 11.6. The summed E-state index contributed by atoms with van der Waals surface area (Å²) in [5, 5.41) is 2.63. The van der Waals surface area contributed by atoms with Crippen LogP contribution in [0.2, 0.25) is 5.02 Å². The maximum absolute atomic E-state index is 13.4. The zero-order valence-electron chi connectivity index (χ0n) is 10.5. The summed E-state index contributed by atoms with van der Waals surface area (Å²) in [6.07, 6.45) is 2.59. The molecule has 0 spiro atoms. The Balaban J connectivity index is 2.10. The fraction of sp³-hybridized carbons (Fsp3) is 0. The average Bonchev–Trinajstić information content (AvgIpc) is 2.46. The first-order valence-corrected chi connectivity index (χ1v) is 6.23. The molecule has 21 heavy (non-hydrogen) atoms. The predicted molar refractivity (Wildman–Crippen MR) is 75.4 cm³/mol. The van der Waals surface area contributed by atoms with E-state index in [9.17, 15) is 18.0 Å². The molecule has 0 radical (unpaired) electrons. The largest absolute Gasteiger partial charge is 0.320 e. The van der Waals surface area contributed by atoms with Gasteiger partial charge in [-0.3, -0.25) is 4.79 Å². The Bertz CT molecular complexity index is 716. The summed E-state index contributed by atoms with van der Waals surface area (Å²) in [6.45, 7) is 0. The Kier molecular flexibility index (Phi) is 4.65. The number of halogens is 4. The third-order valence-electron chi connectivity index (χ3n) is 2.57. The minimum atomic E-state index is -1.63. The van der Waals surface area contributed by atoms with Gasteiger partial charge in [0.15, 0.2) is 17.5 Å². The molecule has 0 bridgehead atoms. The Morgan fingerprint density at radius 2 is 1.86 bits per heavy atom. The summed E-state index contributed by atoms with van der Waals surface area (Å²) in [6, 6.07) is 8.40. The van der Waals surface area contributed by atoms with E-state index in [1.54, 1.807) is 24.3 Å². The van der Waals surface area contributed by atoms with Crippen LogP contribution < -0.4 is 5.32 Å². The average molecular weight is 312 g/mol. The second-order valence-electron chi connectivity index (χ2n) is 4.10. The molecule has 0 unspecified atom stereocenters. The van der Waals surface area contributed by atoms with Crippen molar-refractivity contribution in [3.63, 3.8) is 0 Å². The molecule has 0 fully saturated rings. The Morgan fingerprint density at radius 3 is 2.57 bits per heavy atom. The Labute approximate surface area is 123 Å². The molecule has 2 aromatic carbocycles. The lowest BCUT2D eigenvalue weighted by molar-refractivity contribution is -0.111. The number of carbonyl (C=O) groups excluding carboxylic acids is 1. The first-order chi connectivity index (χ1) is 9.97. The van der Waals surface area contributed by atoms with Crippen molar-refractivity contribution in [2.75, 3.05) is 5.32 Å². The molecule has 0 saturated heterocycles. The molecule has 0 aromatic heterocycles. The number of hydrogen-bond donors (Lipinski definition) is 1. The highest BCUT2D eigenvalue weighted by Gasteiger charge is 2.14. The standard InChI is InChI=1S/C15H9ClF3NO/c16-10-3-1-2-9(8-10)4-7-13(21)20-12-6-5-11(17)14(18)15(12)19/h1-8H,(H,20,21). The smallest absolute Gasteiger partial charge is 0.248 e. The van der Waals surface area contributed by atoms with Gasteiger partial charge in [-0.15, -0.1) is 0 Å². The van der Waals surface area contributed by atoms with E-state index in [2.05, 4.69) is 5.32 Å². The van der Waals surface area contributed by atoms with E-state index in [-0.39, 0.29) is 0 Å². The van der Waals surface area contributed by atoms with E-state index in [1.807, 2.05) is 0 Å². The fourth-order valence-corrected chi connectivity index (χ4v) is 1.78. The van der Waals surface area contributed by atoms with Gasteiger partial charge in [-0.2, -0.15) is 0 Å². The van der Waals surface area contributed by atoms with Crippen LogP contribution in [0.1, 0.15) is 5.56 Å². The monoisotopic (exact) mass is 311 g/mol. The number of benzene rings is 2. The minimum absolute atomic E-state index is 0.436. The number of anilines is 1.